The fourth-order valence-electron chi connectivity index (χ4n) is 3.57. The Kier molecular flexibility index (Phi) is 4.67. The van der Waals surface area contributed by atoms with Crippen LogP contribution in [0.1, 0.15) is 30.0 Å². The molecule has 0 saturated carbocycles. The van der Waals surface area contributed by atoms with Crippen LogP contribution in [-0.2, 0) is 9.59 Å². The molecule has 3 heterocycles. The van der Waals surface area contributed by atoms with Gasteiger partial charge in [-0.05, 0) is 41.5 Å². The summed E-state index contributed by atoms with van der Waals surface area (Å²) in [6.45, 7) is 0. The standard InChI is InChI=1S/C21H15BrClN5O2/c22-14-5-1-12(2-6-14)16-11-17(13-3-7-15(23)8-4-13)28-20(24-16)25-21(26-28)27-18(29)9-10-19(27)30/h1-8,11,17H,9-10H2,(H,24,25,26)/t17-/m1/s1. The van der Waals surface area contributed by atoms with E-state index in [1.165, 1.54) is 0 Å². The van der Waals surface area contributed by atoms with E-state index in [1.54, 1.807) is 4.68 Å². The van der Waals surface area contributed by atoms with Crippen molar-refractivity contribution in [2.45, 2.75) is 18.9 Å². The van der Waals surface area contributed by atoms with E-state index in [0.29, 0.717) is 11.0 Å². The smallest absolute Gasteiger partial charge is 0.260 e. The Morgan fingerprint density at radius 3 is 2.33 bits per heavy atom. The molecule has 2 amide bonds. The van der Waals surface area contributed by atoms with Crippen LogP contribution in [0.3, 0.4) is 0 Å². The molecule has 150 valence electrons. The first kappa shape index (κ1) is 19.0. The zero-order valence-electron chi connectivity index (χ0n) is 15.5. The van der Waals surface area contributed by atoms with Gasteiger partial charge in [-0.3, -0.25) is 9.59 Å². The number of halogens is 2. The van der Waals surface area contributed by atoms with Crippen LogP contribution in [-0.4, -0.2) is 26.6 Å². The average Bonchev–Trinajstić information content (AvgIpc) is 3.30. The topological polar surface area (TPSA) is 80.1 Å². The maximum absolute atomic E-state index is 12.2. The van der Waals surface area contributed by atoms with Gasteiger partial charge in [0.1, 0.15) is 6.04 Å². The molecule has 1 aromatic heterocycles. The number of nitrogens with zero attached hydrogens (tertiary/aromatic N) is 4. The highest BCUT2D eigenvalue weighted by Crippen LogP contribution is 2.35. The minimum atomic E-state index is -0.286. The Balaban J connectivity index is 1.61. The number of carbonyl (C=O) groups is 2. The van der Waals surface area contributed by atoms with Crippen LogP contribution in [0.2, 0.25) is 5.02 Å². The van der Waals surface area contributed by atoms with Crippen molar-refractivity contribution in [2.75, 3.05) is 10.2 Å². The molecule has 0 unspecified atom stereocenters. The number of carbonyl (C=O) groups excluding carboxylic acids is 2. The van der Waals surface area contributed by atoms with E-state index in [9.17, 15) is 9.59 Å². The van der Waals surface area contributed by atoms with Crippen molar-refractivity contribution in [3.63, 3.8) is 0 Å². The van der Waals surface area contributed by atoms with Gasteiger partial charge in [0.05, 0.1) is 0 Å². The molecule has 1 atom stereocenters. The van der Waals surface area contributed by atoms with Gasteiger partial charge in [-0.1, -0.05) is 51.8 Å². The van der Waals surface area contributed by atoms with Crippen molar-refractivity contribution in [2.24, 2.45) is 0 Å². The number of anilines is 2. The highest BCUT2D eigenvalue weighted by Gasteiger charge is 2.35. The van der Waals surface area contributed by atoms with Crippen LogP contribution in [0, 0.1) is 0 Å². The number of hydrogen-bond donors (Lipinski definition) is 1. The van der Waals surface area contributed by atoms with Gasteiger partial charge >= 0.3 is 0 Å². The number of aromatic nitrogens is 3. The Bertz CT molecular complexity index is 1170. The van der Waals surface area contributed by atoms with Crippen molar-refractivity contribution in [1.82, 2.24) is 14.8 Å². The molecule has 1 N–H and O–H groups in total. The van der Waals surface area contributed by atoms with Crippen LogP contribution in [0.15, 0.2) is 59.1 Å². The zero-order valence-corrected chi connectivity index (χ0v) is 17.9. The highest BCUT2D eigenvalue weighted by atomic mass is 79.9. The summed E-state index contributed by atoms with van der Waals surface area (Å²) in [6, 6.07) is 15.1. The quantitative estimate of drug-likeness (QED) is 0.557. The largest absolute Gasteiger partial charge is 0.324 e. The molecule has 2 aromatic carbocycles. The monoisotopic (exact) mass is 483 g/mol. The second-order valence-corrected chi connectivity index (χ2v) is 8.36. The Morgan fingerprint density at radius 1 is 1.00 bits per heavy atom. The van der Waals surface area contributed by atoms with Crippen molar-refractivity contribution in [3.05, 3.63) is 75.2 Å². The first-order valence-electron chi connectivity index (χ1n) is 9.32. The first-order valence-corrected chi connectivity index (χ1v) is 10.5. The second-order valence-electron chi connectivity index (χ2n) is 7.01. The minimum Gasteiger partial charge on any atom is -0.324 e. The van der Waals surface area contributed by atoms with Crippen LogP contribution in [0.4, 0.5) is 11.9 Å². The number of rotatable bonds is 3. The number of fused-ring (bicyclic) bond motifs is 1. The zero-order chi connectivity index (χ0) is 20.8. The summed E-state index contributed by atoms with van der Waals surface area (Å²) in [5.41, 5.74) is 2.78. The maximum Gasteiger partial charge on any atom is 0.260 e. The molecule has 9 heteroatoms. The molecule has 1 fully saturated rings. The summed E-state index contributed by atoms with van der Waals surface area (Å²) in [4.78, 5) is 29.9. The summed E-state index contributed by atoms with van der Waals surface area (Å²) in [6.07, 6.45) is 2.39. The van der Waals surface area contributed by atoms with Gasteiger partial charge in [0.2, 0.25) is 17.8 Å². The van der Waals surface area contributed by atoms with E-state index in [-0.39, 0.29) is 36.6 Å². The maximum atomic E-state index is 12.2. The summed E-state index contributed by atoms with van der Waals surface area (Å²) in [7, 11) is 0. The average molecular weight is 485 g/mol. The number of benzene rings is 2. The summed E-state index contributed by atoms with van der Waals surface area (Å²) in [5.74, 6) is -0.0218. The lowest BCUT2D eigenvalue weighted by Gasteiger charge is -2.24. The number of allylic oxidation sites excluding steroid dienone is 1. The molecule has 3 aromatic rings. The predicted octanol–water partition coefficient (Wildman–Crippen LogP) is 4.40. The van der Waals surface area contributed by atoms with Crippen molar-refractivity contribution >= 4 is 56.9 Å². The molecule has 2 aliphatic heterocycles. The molecular weight excluding hydrogens is 470 g/mol. The summed E-state index contributed by atoms with van der Waals surface area (Å²) < 4.78 is 2.66. The van der Waals surface area contributed by atoms with Gasteiger partial charge in [0.25, 0.3) is 5.95 Å². The molecule has 0 bridgehead atoms. The first-order chi connectivity index (χ1) is 14.5. The van der Waals surface area contributed by atoms with Crippen molar-refractivity contribution in [1.29, 1.82) is 0 Å². The molecule has 0 aliphatic carbocycles. The second kappa shape index (κ2) is 7.37. The molecule has 1 saturated heterocycles. The lowest BCUT2D eigenvalue weighted by molar-refractivity contribution is -0.121. The third-order valence-electron chi connectivity index (χ3n) is 5.07. The molecular formula is C21H15BrClN5O2. The van der Waals surface area contributed by atoms with E-state index < -0.39 is 0 Å². The van der Waals surface area contributed by atoms with E-state index in [1.807, 2.05) is 54.6 Å². The summed E-state index contributed by atoms with van der Waals surface area (Å²) >= 11 is 9.52. The van der Waals surface area contributed by atoms with Gasteiger partial charge in [0.15, 0.2) is 0 Å². The highest BCUT2D eigenvalue weighted by molar-refractivity contribution is 9.10. The van der Waals surface area contributed by atoms with Crippen molar-refractivity contribution < 1.29 is 9.59 Å². The Hall–Kier alpha value is -2.97. The van der Waals surface area contributed by atoms with Crippen LogP contribution in [0.25, 0.3) is 5.70 Å². The molecule has 2 aliphatic rings. The predicted molar refractivity (Wildman–Crippen MR) is 117 cm³/mol. The normalized spacial score (nSPS) is 18.3. The van der Waals surface area contributed by atoms with Gasteiger partial charge in [0, 0.05) is 28.0 Å². The molecule has 5 rings (SSSR count). The van der Waals surface area contributed by atoms with E-state index in [4.69, 9.17) is 11.6 Å². The Morgan fingerprint density at radius 2 is 1.67 bits per heavy atom. The van der Waals surface area contributed by atoms with Gasteiger partial charge in [-0.15, -0.1) is 5.10 Å². The fourth-order valence-corrected chi connectivity index (χ4v) is 3.96. The third-order valence-corrected chi connectivity index (χ3v) is 5.85. The lowest BCUT2D eigenvalue weighted by atomic mass is 10.0. The third kappa shape index (κ3) is 3.32. The minimum absolute atomic E-state index is 0.0921. The number of nitrogens with one attached hydrogen (secondary N) is 1. The Labute approximate surface area is 185 Å². The van der Waals surface area contributed by atoms with Crippen LogP contribution >= 0.6 is 27.5 Å². The molecule has 0 spiro atoms. The summed E-state index contributed by atoms with van der Waals surface area (Å²) in [5, 5.41) is 8.41. The van der Waals surface area contributed by atoms with Crippen LogP contribution < -0.4 is 10.2 Å². The fraction of sp³-hybridized carbons (Fsp3) is 0.143. The van der Waals surface area contributed by atoms with Gasteiger partial charge < -0.3 is 5.32 Å². The molecule has 7 nitrogen and oxygen atoms in total. The lowest BCUT2D eigenvalue weighted by Crippen LogP contribution is -2.29. The van der Waals surface area contributed by atoms with E-state index in [0.717, 1.165) is 26.2 Å². The van der Waals surface area contributed by atoms with Gasteiger partial charge in [-0.25, -0.2) is 9.58 Å². The van der Waals surface area contributed by atoms with E-state index in [2.05, 4.69) is 31.3 Å². The van der Waals surface area contributed by atoms with Crippen molar-refractivity contribution in [3.8, 4) is 0 Å². The number of amides is 2. The number of hydrogen-bond acceptors (Lipinski definition) is 5. The molecule has 0 radical (unpaired) electrons. The van der Waals surface area contributed by atoms with Gasteiger partial charge in [-0.2, -0.15) is 4.98 Å². The number of imide groups is 1. The van der Waals surface area contributed by atoms with E-state index >= 15 is 0 Å². The molecule has 30 heavy (non-hydrogen) atoms. The van der Waals surface area contributed by atoms with Crippen LogP contribution in [0.5, 0.6) is 0 Å². The SMILES string of the molecule is O=C1CCC(=O)N1c1nc2n(n1)[C@@H](c1ccc(Cl)cc1)C=C(c1ccc(Br)cc1)N2.